The lowest BCUT2D eigenvalue weighted by molar-refractivity contribution is -0.123. The molecule has 122 valence electrons. The second-order valence-electron chi connectivity index (χ2n) is 5.97. The molecule has 0 N–H and O–H groups in total. The number of hydrogen-bond acceptors (Lipinski definition) is 4. The highest BCUT2D eigenvalue weighted by molar-refractivity contribution is 8.18. The van der Waals surface area contributed by atoms with E-state index in [2.05, 4.69) is 0 Å². The van der Waals surface area contributed by atoms with E-state index in [9.17, 15) is 4.79 Å². The molecule has 1 saturated carbocycles. The molecule has 1 aromatic carbocycles. The Hall–Kier alpha value is -2.27. The number of para-hydroxylation sites is 1. The smallest absolute Gasteiger partial charge is 0.267 e. The molecule has 24 heavy (non-hydrogen) atoms. The number of carbonyl (C=O) groups excluding carboxylic acids is 1. The maximum atomic E-state index is 12.9. The molecule has 0 bridgehead atoms. The largest absolute Gasteiger partial charge is 0.465 e. The number of thioether (sulfide) groups is 1. The van der Waals surface area contributed by atoms with Crippen molar-refractivity contribution in [1.82, 2.24) is 4.90 Å². The van der Waals surface area contributed by atoms with Crippen molar-refractivity contribution < 1.29 is 9.21 Å². The van der Waals surface area contributed by atoms with Gasteiger partial charge in [-0.25, -0.2) is 4.99 Å². The topological polar surface area (TPSA) is 45.8 Å². The fraction of sp³-hybridized carbons (Fsp3) is 0.263. The van der Waals surface area contributed by atoms with Crippen LogP contribution in [-0.2, 0) is 4.79 Å². The normalized spacial score (nSPS) is 22.2. The zero-order valence-corrected chi connectivity index (χ0v) is 14.0. The monoisotopic (exact) mass is 338 g/mol. The van der Waals surface area contributed by atoms with Crippen LogP contribution in [0.3, 0.4) is 0 Å². The van der Waals surface area contributed by atoms with E-state index in [1.807, 2.05) is 53.4 Å². The van der Waals surface area contributed by atoms with Crippen LogP contribution in [0.15, 0.2) is 63.0 Å². The molecular formula is C19H18N2O2S. The second-order valence-corrected chi connectivity index (χ2v) is 6.98. The molecule has 5 heteroatoms. The van der Waals surface area contributed by atoms with E-state index in [1.54, 1.807) is 6.26 Å². The van der Waals surface area contributed by atoms with Gasteiger partial charge in [0.25, 0.3) is 5.91 Å². The summed E-state index contributed by atoms with van der Waals surface area (Å²) >= 11 is 1.43. The molecule has 0 spiro atoms. The summed E-state index contributed by atoms with van der Waals surface area (Å²) in [6.45, 7) is 0. The van der Waals surface area contributed by atoms with Crippen LogP contribution in [0.1, 0.15) is 31.4 Å². The van der Waals surface area contributed by atoms with E-state index in [0.717, 1.165) is 23.7 Å². The van der Waals surface area contributed by atoms with Crippen molar-refractivity contribution in [2.45, 2.75) is 31.7 Å². The summed E-state index contributed by atoms with van der Waals surface area (Å²) in [7, 11) is 0. The van der Waals surface area contributed by atoms with E-state index in [4.69, 9.17) is 9.41 Å². The fourth-order valence-corrected chi connectivity index (χ4v) is 4.20. The summed E-state index contributed by atoms with van der Waals surface area (Å²) in [6.07, 6.45) is 7.87. The van der Waals surface area contributed by atoms with Gasteiger partial charge in [0.1, 0.15) is 5.76 Å². The highest BCUT2D eigenvalue weighted by atomic mass is 32.2. The van der Waals surface area contributed by atoms with Gasteiger partial charge in [0.2, 0.25) is 0 Å². The Bertz CT molecular complexity index is 775. The lowest BCUT2D eigenvalue weighted by Crippen LogP contribution is -2.37. The third-order valence-electron chi connectivity index (χ3n) is 4.32. The minimum atomic E-state index is 0.0398. The average molecular weight is 338 g/mol. The minimum absolute atomic E-state index is 0.0398. The average Bonchev–Trinajstić information content (AvgIpc) is 3.32. The minimum Gasteiger partial charge on any atom is -0.465 e. The van der Waals surface area contributed by atoms with Gasteiger partial charge in [-0.1, -0.05) is 31.0 Å². The Balaban J connectivity index is 1.70. The number of benzene rings is 1. The zero-order valence-electron chi connectivity index (χ0n) is 13.2. The van der Waals surface area contributed by atoms with Crippen LogP contribution in [0.25, 0.3) is 6.08 Å². The highest BCUT2D eigenvalue weighted by Crippen LogP contribution is 2.38. The van der Waals surface area contributed by atoms with Crippen LogP contribution in [-0.4, -0.2) is 22.0 Å². The van der Waals surface area contributed by atoms with Crippen molar-refractivity contribution in [3.63, 3.8) is 0 Å². The zero-order chi connectivity index (χ0) is 16.4. The molecule has 1 aliphatic carbocycles. The lowest BCUT2D eigenvalue weighted by Gasteiger charge is -2.22. The molecule has 0 radical (unpaired) electrons. The Labute approximate surface area is 145 Å². The van der Waals surface area contributed by atoms with E-state index < -0.39 is 0 Å². The lowest BCUT2D eigenvalue weighted by atomic mass is 10.2. The van der Waals surface area contributed by atoms with Gasteiger partial charge in [-0.15, -0.1) is 0 Å². The first kappa shape index (κ1) is 15.3. The molecule has 2 aliphatic rings. The molecule has 0 unspecified atom stereocenters. The number of nitrogens with zero attached hydrogens (tertiary/aromatic N) is 2. The third kappa shape index (κ3) is 3.04. The Morgan fingerprint density at radius 2 is 1.92 bits per heavy atom. The van der Waals surface area contributed by atoms with Crippen molar-refractivity contribution in [1.29, 1.82) is 0 Å². The van der Waals surface area contributed by atoms with Crippen LogP contribution in [0, 0.1) is 0 Å². The van der Waals surface area contributed by atoms with Crippen LogP contribution in [0.5, 0.6) is 0 Å². The quantitative estimate of drug-likeness (QED) is 0.753. The molecule has 2 heterocycles. The second kappa shape index (κ2) is 6.69. The van der Waals surface area contributed by atoms with Gasteiger partial charge in [0.05, 0.1) is 16.9 Å². The summed E-state index contributed by atoms with van der Waals surface area (Å²) in [5, 5.41) is 0.774. The van der Waals surface area contributed by atoms with Gasteiger partial charge in [-0.05, 0) is 48.9 Å². The number of aliphatic imine (C=N–C) groups is 1. The van der Waals surface area contributed by atoms with Crippen molar-refractivity contribution in [3.05, 3.63) is 59.4 Å². The highest BCUT2D eigenvalue weighted by Gasteiger charge is 2.39. The number of amidine groups is 1. The third-order valence-corrected chi connectivity index (χ3v) is 5.31. The van der Waals surface area contributed by atoms with E-state index in [1.165, 1.54) is 24.6 Å². The van der Waals surface area contributed by atoms with E-state index >= 15 is 0 Å². The van der Waals surface area contributed by atoms with Crippen molar-refractivity contribution in [2.24, 2.45) is 4.99 Å². The van der Waals surface area contributed by atoms with Crippen molar-refractivity contribution in [3.8, 4) is 0 Å². The molecule has 1 saturated heterocycles. The van der Waals surface area contributed by atoms with Gasteiger partial charge in [-0.3, -0.25) is 9.69 Å². The van der Waals surface area contributed by atoms with E-state index in [-0.39, 0.29) is 11.9 Å². The molecule has 4 nitrogen and oxygen atoms in total. The number of rotatable bonds is 3. The number of furan rings is 1. The van der Waals surface area contributed by atoms with Crippen LogP contribution in [0.4, 0.5) is 5.69 Å². The molecular weight excluding hydrogens is 320 g/mol. The van der Waals surface area contributed by atoms with Crippen molar-refractivity contribution in [2.75, 3.05) is 0 Å². The Kier molecular flexibility index (Phi) is 4.26. The Morgan fingerprint density at radius 1 is 1.12 bits per heavy atom. The summed E-state index contributed by atoms with van der Waals surface area (Å²) in [6, 6.07) is 13.7. The number of amides is 1. The summed E-state index contributed by atoms with van der Waals surface area (Å²) in [5.74, 6) is 0.733. The first-order chi connectivity index (χ1) is 11.8. The van der Waals surface area contributed by atoms with Crippen LogP contribution in [0.2, 0.25) is 0 Å². The van der Waals surface area contributed by atoms with Crippen LogP contribution < -0.4 is 0 Å². The predicted molar refractivity (Wildman–Crippen MR) is 96.9 cm³/mol. The van der Waals surface area contributed by atoms with Crippen molar-refractivity contribution >= 4 is 34.6 Å². The van der Waals surface area contributed by atoms with Crippen LogP contribution >= 0.6 is 11.8 Å². The maximum absolute atomic E-state index is 12.9. The fourth-order valence-electron chi connectivity index (χ4n) is 3.16. The predicted octanol–water partition coefficient (Wildman–Crippen LogP) is 4.83. The summed E-state index contributed by atoms with van der Waals surface area (Å²) < 4.78 is 5.36. The van der Waals surface area contributed by atoms with Gasteiger partial charge in [-0.2, -0.15) is 0 Å². The van der Waals surface area contributed by atoms with Gasteiger partial charge >= 0.3 is 0 Å². The molecule has 1 aromatic heterocycles. The number of carbonyl (C=O) groups is 1. The number of hydrogen-bond donors (Lipinski definition) is 0. The molecule has 1 aliphatic heterocycles. The molecule has 0 atom stereocenters. The molecule has 1 amide bonds. The van der Waals surface area contributed by atoms with Gasteiger partial charge in [0.15, 0.2) is 5.17 Å². The van der Waals surface area contributed by atoms with E-state index in [0.29, 0.717) is 10.7 Å². The Morgan fingerprint density at radius 3 is 2.62 bits per heavy atom. The first-order valence-corrected chi connectivity index (χ1v) is 9.03. The molecule has 2 fully saturated rings. The van der Waals surface area contributed by atoms with Gasteiger partial charge in [0, 0.05) is 12.1 Å². The molecule has 4 rings (SSSR count). The maximum Gasteiger partial charge on any atom is 0.267 e. The first-order valence-electron chi connectivity index (χ1n) is 8.21. The summed E-state index contributed by atoms with van der Waals surface area (Å²) in [5.41, 5.74) is 0.870. The summed E-state index contributed by atoms with van der Waals surface area (Å²) in [4.78, 5) is 20.2. The SMILES string of the molecule is O=C1/C(=C/c2ccco2)SC(=Nc2ccccc2)N1C1CCCC1. The molecule has 2 aromatic rings. The van der Waals surface area contributed by atoms with Gasteiger partial charge < -0.3 is 4.42 Å². The standard InChI is InChI=1S/C19H18N2O2S/c22-18-17(13-16-11-6-12-23-16)24-19(20-14-7-2-1-3-8-14)21(18)15-9-4-5-10-15/h1-3,6-8,11-13,15H,4-5,9-10H2/b17-13-,20-19?.